The lowest BCUT2D eigenvalue weighted by Gasteiger charge is -2.31. The molecule has 1 aliphatic heterocycles. The first kappa shape index (κ1) is 16.4. The quantitative estimate of drug-likeness (QED) is 0.814. The van der Waals surface area contributed by atoms with E-state index in [1.165, 1.54) is 5.56 Å². The second-order valence-corrected chi connectivity index (χ2v) is 6.63. The van der Waals surface area contributed by atoms with Gasteiger partial charge in [0.05, 0.1) is 29.5 Å². The van der Waals surface area contributed by atoms with Gasteiger partial charge in [0, 0.05) is 13.1 Å². The van der Waals surface area contributed by atoms with Gasteiger partial charge in [-0.2, -0.15) is 0 Å². The van der Waals surface area contributed by atoms with Crippen LogP contribution < -0.4 is 10.1 Å². The summed E-state index contributed by atoms with van der Waals surface area (Å²) >= 11 is 1.82. The molecule has 0 amide bonds. The summed E-state index contributed by atoms with van der Waals surface area (Å²) < 4.78 is 11.8. The molecule has 0 unspecified atom stereocenters. The van der Waals surface area contributed by atoms with E-state index in [2.05, 4.69) is 47.8 Å². The van der Waals surface area contributed by atoms with E-state index in [1.807, 2.05) is 30.8 Å². The van der Waals surface area contributed by atoms with Gasteiger partial charge in [-0.05, 0) is 24.6 Å². The molecule has 4 heteroatoms. The van der Waals surface area contributed by atoms with Crippen LogP contribution in [-0.4, -0.2) is 32.4 Å². The molecule has 0 radical (unpaired) electrons. The van der Waals surface area contributed by atoms with Crippen molar-refractivity contribution in [2.75, 3.05) is 26.3 Å². The highest BCUT2D eigenvalue weighted by Gasteiger charge is 2.27. The van der Waals surface area contributed by atoms with Crippen molar-refractivity contribution < 1.29 is 9.47 Å². The highest BCUT2D eigenvalue weighted by atomic mass is 32.2. The Hall–Kier alpha value is -1.49. The highest BCUT2D eigenvalue weighted by molar-refractivity contribution is 7.99. The maximum absolute atomic E-state index is 6.04. The number of nitrogens with one attached hydrogen (secondary N) is 1. The summed E-state index contributed by atoms with van der Waals surface area (Å²) in [6.07, 6.45) is 0.158. The fraction of sp³-hybridized carbons (Fsp3) is 0.368. The van der Waals surface area contributed by atoms with E-state index in [-0.39, 0.29) is 11.4 Å². The standard InChI is InChI=1S/C19H23NO2S/c1-2-21-16-10-6-7-11-18(16)23-19(15-8-4-3-5-9-15)17-14-20-12-13-22-17/h3-11,17,19-20H,2,12-14H2,1H3/t17-,19-/m0/s1. The van der Waals surface area contributed by atoms with Crippen molar-refractivity contribution >= 4 is 11.8 Å². The van der Waals surface area contributed by atoms with Gasteiger partial charge in [0.2, 0.25) is 0 Å². The number of ether oxygens (including phenoxy) is 2. The average molecular weight is 329 g/mol. The largest absolute Gasteiger partial charge is 0.493 e. The maximum Gasteiger partial charge on any atom is 0.132 e. The Morgan fingerprint density at radius 1 is 1.17 bits per heavy atom. The van der Waals surface area contributed by atoms with Crippen LogP contribution in [-0.2, 0) is 4.74 Å². The van der Waals surface area contributed by atoms with Crippen molar-refractivity contribution in [2.45, 2.75) is 23.2 Å². The van der Waals surface area contributed by atoms with E-state index in [1.54, 1.807) is 0 Å². The van der Waals surface area contributed by atoms with Crippen LogP contribution in [0.4, 0.5) is 0 Å². The summed E-state index contributed by atoms with van der Waals surface area (Å²) in [7, 11) is 0. The Labute approximate surface area is 142 Å². The van der Waals surface area contributed by atoms with Crippen molar-refractivity contribution in [1.29, 1.82) is 0 Å². The van der Waals surface area contributed by atoms with Crippen LogP contribution in [0, 0.1) is 0 Å². The zero-order valence-corrected chi connectivity index (χ0v) is 14.2. The minimum atomic E-state index is 0.158. The molecule has 2 aromatic rings. The van der Waals surface area contributed by atoms with Gasteiger partial charge < -0.3 is 14.8 Å². The van der Waals surface area contributed by atoms with Gasteiger partial charge in [0.1, 0.15) is 5.75 Å². The van der Waals surface area contributed by atoms with E-state index in [0.717, 1.165) is 30.3 Å². The van der Waals surface area contributed by atoms with Crippen LogP contribution in [0.1, 0.15) is 17.7 Å². The Morgan fingerprint density at radius 2 is 1.96 bits per heavy atom. The topological polar surface area (TPSA) is 30.5 Å². The van der Waals surface area contributed by atoms with Gasteiger partial charge in [-0.3, -0.25) is 0 Å². The lowest BCUT2D eigenvalue weighted by atomic mass is 10.1. The summed E-state index contributed by atoms with van der Waals surface area (Å²) in [5.74, 6) is 0.949. The molecule has 1 fully saturated rings. The number of morpholine rings is 1. The monoisotopic (exact) mass is 329 g/mol. The van der Waals surface area contributed by atoms with Crippen molar-refractivity contribution in [2.24, 2.45) is 0 Å². The van der Waals surface area contributed by atoms with Gasteiger partial charge in [0.15, 0.2) is 0 Å². The third-order valence-corrected chi connectivity index (χ3v) is 5.25. The molecule has 1 aliphatic rings. The van der Waals surface area contributed by atoms with E-state index in [4.69, 9.17) is 9.47 Å². The first-order valence-electron chi connectivity index (χ1n) is 8.14. The van der Waals surface area contributed by atoms with Gasteiger partial charge in [-0.1, -0.05) is 42.5 Å². The number of rotatable bonds is 6. The van der Waals surface area contributed by atoms with Crippen LogP contribution >= 0.6 is 11.8 Å². The third kappa shape index (κ3) is 4.28. The Morgan fingerprint density at radius 3 is 2.70 bits per heavy atom. The van der Waals surface area contributed by atoms with Gasteiger partial charge in [-0.15, -0.1) is 11.8 Å². The first-order chi connectivity index (χ1) is 11.4. The van der Waals surface area contributed by atoms with Crippen LogP contribution in [0.3, 0.4) is 0 Å². The van der Waals surface area contributed by atoms with E-state index < -0.39 is 0 Å². The zero-order valence-electron chi connectivity index (χ0n) is 13.4. The summed E-state index contributed by atoms with van der Waals surface area (Å²) in [6, 6.07) is 18.8. The van der Waals surface area contributed by atoms with Crippen molar-refractivity contribution in [3.8, 4) is 5.75 Å². The fourth-order valence-corrected chi connectivity index (χ4v) is 4.03. The van der Waals surface area contributed by atoms with Gasteiger partial charge in [-0.25, -0.2) is 0 Å². The third-order valence-electron chi connectivity index (χ3n) is 3.83. The minimum absolute atomic E-state index is 0.158. The molecular weight excluding hydrogens is 306 g/mol. The van der Waals surface area contributed by atoms with E-state index >= 15 is 0 Å². The summed E-state index contributed by atoms with van der Waals surface area (Å²) in [5, 5.41) is 3.68. The number of hydrogen-bond donors (Lipinski definition) is 1. The van der Waals surface area contributed by atoms with Crippen LogP contribution in [0.5, 0.6) is 5.75 Å². The second kappa shape index (κ2) is 8.39. The zero-order chi connectivity index (χ0) is 15.9. The number of benzene rings is 2. The predicted octanol–water partition coefficient (Wildman–Crippen LogP) is 3.91. The molecule has 0 saturated carbocycles. The van der Waals surface area contributed by atoms with Crippen molar-refractivity contribution in [3.63, 3.8) is 0 Å². The maximum atomic E-state index is 6.04. The molecule has 2 atom stereocenters. The molecule has 0 spiro atoms. The second-order valence-electron chi connectivity index (χ2n) is 5.44. The average Bonchev–Trinajstić information content (AvgIpc) is 2.63. The summed E-state index contributed by atoms with van der Waals surface area (Å²) in [5.41, 5.74) is 1.29. The van der Waals surface area contributed by atoms with E-state index in [9.17, 15) is 0 Å². The number of hydrogen-bond acceptors (Lipinski definition) is 4. The van der Waals surface area contributed by atoms with Crippen molar-refractivity contribution in [1.82, 2.24) is 5.32 Å². The van der Waals surface area contributed by atoms with Crippen molar-refractivity contribution in [3.05, 3.63) is 60.2 Å². The molecule has 3 rings (SSSR count). The van der Waals surface area contributed by atoms with Crippen LogP contribution in [0.25, 0.3) is 0 Å². The van der Waals surface area contributed by atoms with Crippen LogP contribution in [0.15, 0.2) is 59.5 Å². The van der Waals surface area contributed by atoms with Gasteiger partial charge in [0.25, 0.3) is 0 Å². The molecule has 0 aliphatic carbocycles. The minimum Gasteiger partial charge on any atom is -0.493 e. The Kier molecular flexibility index (Phi) is 5.97. The molecule has 1 N–H and O–H groups in total. The smallest absolute Gasteiger partial charge is 0.132 e. The molecule has 0 aromatic heterocycles. The predicted molar refractivity (Wildman–Crippen MR) is 95.3 cm³/mol. The lowest BCUT2D eigenvalue weighted by molar-refractivity contribution is 0.0273. The van der Waals surface area contributed by atoms with E-state index in [0.29, 0.717) is 6.61 Å². The summed E-state index contributed by atoms with van der Waals surface area (Å²) in [6.45, 7) is 5.27. The summed E-state index contributed by atoms with van der Waals surface area (Å²) in [4.78, 5) is 1.16. The van der Waals surface area contributed by atoms with Crippen LogP contribution in [0.2, 0.25) is 0 Å². The number of thioether (sulfide) groups is 1. The highest BCUT2D eigenvalue weighted by Crippen LogP contribution is 2.42. The molecule has 23 heavy (non-hydrogen) atoms. The Bertz CT molecular complexity index is 599. The van der Waals surface area contributed by atoms with Gasteiger partial charge >= 0.3 is 0 Å². The Balaban J connectivity index is 1.86. The molecule has 1 heterocycles. The molecule has 2 aromatic carbocycles. The molecule has 1 saturated heterocycles. The SMILES string of the molecule is CCOc1ccccc1S[C@@H](c1ccccc1)[C@@H]1CNCCO1. The molecule has 3 nitrogen and oxygen atoms in total. The number of para-hydroxylation sites is 1. The lowest BCUT2D eigenvalue weighted by Crippen LogP contribution is -2.41. The normalized spacial score (nSPS) is 19.3. The molecule has 0 bridgehead atoms. The molecule has 122 valence electrons. The first-order valence-corrected chi connectivity index (χ1v) is 9.02. The fourth-order valence-electron chi connectivity index (χ4n) is 2.74. The molecular formula is C19H23NO2S.